The Morgan fingerprint density at radius 1 is 1.23 bits per heavy atom. The van der Waals surface area contributed by atoms with Crippen molar-refractivity contribution in [3.05, 3.63) is 6.92 Å². The number of rotatable bonds is 3. The van der Waals surface area contributed by atoms with Crippen LogP contribution in [-0.4, -0.2) is 24.6 Å². The van der Waals surface area contributed by atoms with Crippen LogP contribution in [0.15, 0.2) is 0 Å². The van der Waals surface area contributed by atoms with Crippen molar-refractivity contribution in [3.63, 3.8) is 0 Å². The van der Waals surface area contributed by atoms with Gasteiger partial charge in [0.1, 0.15) is 6.54 Å². The monoisotopic (exact) mass is 204 g/mol. The summed E-state index contributed by atoms with van der Waals surface area (Å²) in [5.74, 6) is -5.80. The number of carbonyl (C=O) groups is 1. The minimum absolute atomic E-state index is 1.06. The third kappa shape index (κ3) is 4.64. The summed E-state index contributed by atoms with van der Waals surface area (Å²) >= 11 is 0. The molecule has 0 bridgehead atoms. The largest absolute Gasteiger partial charge is 0.405 e. The van der Waals surface area contributed by atoms with Gasteiger partial charge in [0, 0.05) is 6.42 Å². The molecule has 0 aromatic carbocycles. The zero-order valence-corrected chi connectivity index (χ0v) is 6.42. The van der Waals surface area contributed by atoms with Crippen LogP contribution in [0.1, 0.15) is 6.42 Å². The van der Waals surface area contributed by atoms with Gasteiger partial charge in [-0.3, -0.25) is 4.79 Å². The van der Waals surface area contributed by atoms with Gasteiger partial charge in [0.15, 0.2) is 0 Å². The van der Waals surface area contributed by atoms with Gasteiger partial charge >= 0.3 is 12.1 Å². The summed E-state index contributed by atoms with van der Waals surface area (Å²) in [6.45, 7) is 0.968. The second-order valence-corrected chi connectivity index (χ2v) is 2.25. The first-order valence-electron chi connectivity index (χ1n) is 3.21. The van der Waals surface area contributed by atoms with Gasteiger partial charge in [-0.1, -0.05) is 0 Å². The van der Waals surface area contributed by atoms with Gasteiger partial charge in [-0.15, -0.1) is 0 Å². The fourth-order valence-corrected chi connectivity index (χ4v) is 0.423. The highest BCUT2D eigenvalue weighted by molar-refractivity contribution is 5.83. The lowest BCUT2D eigenvalue weighted by molar-refractivity contribution is -0.155. The Labute approximate surface area is 71.1 Å². The molecular formula is C6H7F5NO. The second-order valence-electron chi connectivity index (χ2n) is 2.25. The van der Waals surface area contributed by atoms with Crippen LogP contribution in [0.2, 0.25) is 0 Å². The van der Waals surface area contributed by atoms with E-state index >= 15 is 0 Å². The van der Waals surface area contributed by atoms with Gasteiger partial charge in [0.2, 0.25) is 0 Å². The Bertz CT molecular complexity index is 188. The number of nitrogens with one attached hydrogen (secondary N) is 1. The molecule has 0 rings (SSSR count). The molecule has 1 radical (unpaired) electrons. The molecule has 0 fully saturated rings. The first-order valence-corrected chi connectivity index (χ1v) is 3.21. The van der Waals surface area contributed by atoms with Crippen molar-refractivity contribution < 1.29 is 26.7 Å². The minimum atomic E-state index is -4.69. The van der Waals surface area contributed by atoms with E-state index in [4.69, 9.17) is 0 Å². The first-order chi connectivity index (χ1) is 5.69. The predicted molar refractivity (Wildman–Crippen MR) is 34.0 cm³/mol. The second kappa shape index (κ2) is 3.89. The minimum Gasteiger partial charge on any atom is -0.342 e. The van der Waals surface area contributed by atoms with Crippen LogP contribution in [0.5, 0.6) is 0 Å². The van der Waals surface area contributed by atoms with Crippen LogP contribution >= 0.6 is 0 Å². The van der Waals surface area contributed by atoms with E-state index < -0.39 is 31.0 Å². The van der Waals surface area contributed by atoms with Gasteiger partial charge < -0.3 is 5.32 Å². The normalized spacial score (nSPS) is 12.8. The molecule has 0 saturated heterocycles. The molecule has 0 atom stereocenters. The van der Waals surface area contributed by atoms with Crippen molar-refractivity contribution in [2.24, 2.45) is 0 Å². The standard InChI is InChI=1S/C6H7F5NO/c1-2-5(7,8)4(13)12-3-6(9,10)11/h1-3H2,(H,12,13). The van der Waals surface area contributed by atoms with E-state index in [1.54, 1.807) is 0 Å². The molecule has 13 heavy (non-hydrogen) atoms. The van der Waals surface area contributed by atoms with Crippen molar-refractivity contribution in [1.29, 1.82) is 0 Å². The Hall–Kier alpha value is -0.880. The number of carbonyl (C=O) groups excluding carboxylic acids is 1. The predicted octanol–water partition coefficient (Wildman–Crippen LogP) is 1.52. The highest BCUT2D eigenvalue weighted by Crippen LogP contribution is 2.18. The molecule has 0 heterocycles. The Morgan fingerprint density at radius 2 is 1.69 bits per heavy atom. The molecule has 7 heteroatoms. The van der Waals surface area contributed by atoms with Crippen LogP contribution in [0, 0.1) is 6.92 Å². The molecule has 0 spiro atoms. The zero-order chi connectivity index (χ0) is 10.7. The zero-order valence-electron chi connectivity index (χ0n) is 6.42. The van der Waals surface area contributed by atoms with E-state index in [0.29, 0.717) is 0 Å². The van der Waals surface area contributed by atoms with Gasteiger partial charge in [-0.25, -0.2) is 0 Å². The number of hydrogen-bond acceptors (Lipinski definition) is 1. The van der Waals surface area contributed by atoms with Crippen LogP contribution in [0.25, 0.3) is 0 Å². The van der Waals surface area contributed by atoms with Gasteiger partial charge in [0.05, 0.1) is 0 Å². The highest BCUT2D eigenvalue weighted by atomic mass is 19.4. The van der Waals surface area contributed by atoms with Crippen molar-refractivity contribution in [3.8, 4) is 0 Å². The summed E-state index contributed by atoms with van der Waals surface area (Å²) in [5.41, 5.74) is 0. The van der Waals surface area contributed by atoms with Crippen molar-refractivity contribution in [2.75, 3.05) is 6.54 Å². The smallest absolute Gasteiger partial charge is 0.342 e. The van der Waals surface area contributed by atoms with Crippen LogP contribution in [-0.2, 0) is 4.79 Å². The summed E-state index contributed by atoms with van der Waals surface area (Å²) in [5, 5.41) is 1.06. The van der Waals surface area contributed by atoms with E-state index in [-0.39, 0.29) is 0 Å². The molecule has 0 aliphatic carbocycles. The van der Waals surface area contributed by atoms with Gasteiger partial charge in [-0.2, -0.15) is 22.0 Å². The summed E-state index contributed by atoms with van der Waals surface area (Å²) in [6.07, 6.45) is -5.76. The number of halogens is 5. The van der Waals surface area contributed by atoms with Crippen LogP contribution < -0.4 is 5.32 Å². The fraction of sp³-hybridized carbons (Fsp3) is 0.667. The maximum atomic E-state index is 12.3. The summed E-state index contributed by atoms with van der Waals surface area (Å²) in [4.78, 5) is 10.3. The lowest BCUT2D eigenvalue weighted by atomic mass is 10.2. The van der Waals surface area contributed by atoms with E-state index in [9.17, 15) is 26.7 Å². The van der Waals surface area contributed by atoms with E-state index in [1.165, 1.54) is 0 Å². The molecule has 1 amide bonds. The maximum absolute atomic E-state index is 12.3. The summed E-state index contributed by atoms with van der Waals surface area (Å²) in [7, 11) is 0. The molecule has 0 aliphatic rings. The summed E-state index contributed by atoms with van der Waals surface area (Å²) < 4.78 is 58.9. The lowest BCUT2D eigenvalue weighted by Crippen LogP contribution is -2.43. The average molecular weight is 204 g/mol. The average Bonchev–Trinajstić information content (AvgIpc) is 1.98. The molecule has 77 valence electrons. The van der Waals surface area contributed by atoms with Crippen molar-refractivity contribution in [2.45, 2.75) is 18.5 Å². The SMILES string of the molecule is [CH2]CC(F)(F)C(=O)NCC(F)(F)F. The molecule has 1 N–H and O–H groups in total. The Morgan fingerprint density at radius 3 is 2.00 bits per heavy atom. The third-order valence-electron chi connectivity index (χ3n) is 1.10. The van der Waals surface area contributed by atoms with E-state index in [1.807, 2.05) is 0 Å². The van der Waals surface area contributed by atoms with E-state index in [2.05, 4.69) is 6.92 Å². The van der Waals surface area contributed by atoms with Crippen molar-refractivity contribution in [1.82, 2.24) is 5.32 Å². The Kier molecular flexibility index (Phi) is 3.62. The lowest BCUT2D eigenvalue weighted by Gasteiger charge is -2.14. The van der Waals surface area contributed by atoms with Crippen LogP contribution in [0.3, 0.4) is 0 Å². The van der Waals surface area contributed by atoms with E-state index in [0.717, 1.165) is 5.32 Å². The molecule has 0 saturated carbocycles. The molecule has 2 nitrogen and oxygen atoms in total. The summed E-state index contributed by atoms with van der Waals surface area (Å²) in [6, 6.07) is 0. The molecule has 0 aromatic rings. The fourth-order valence-electron chi connectivity index (χ4n) is 0.423. The number of alkyl halides is 5. The van der Waals surface area contributed by atoms with Crippen LogP contribution in [0.4, 0.5) is 22.0 Å². The molecule has 0 unspecified atom stereocenters. The Balaban J connectivity index is 4.03. The quantitative estimate of drug-likeness (QED) is 0.694. The van der Waals surface area contributed by atoms with Gasteiger partial charge in [-0.05, 0) is 6.92 Å². The number of hydrogen-bond donors (Lipinski definition) is 1. The third-order valence-corrected chi connectivity index (χ3v) is 1.10. The molecule has 0 aliphatic heterocycles. The van der Waals surface area contributed by atoms with Crippen molar-refractivity contribution >= 4 is 5.91 Å². The number of amides is 1. The maximum Gasteiger partial charge on any atom is 0.405 e. The molecule has 0 aromatic heterocycles. The topological polar surface area (TPSA) is 29.1 Å². The molecular weight excluding hydrogens is 197 g/mol. The van der Waals surface area contributed by atoms with Gasteiger partial charge in [0.25, 0.3) is 5.91 Å². The first kappa shape index (κ1) is 12.1. The highest BCUT2D eigenvalue weighted by Gasteiger charge is 2.38.